The minimum absolute atomic E-state index is 0. The number of aryl methyl sites for hydroxylation is 6. The smallest absolute Gasteiger partial charge is 1.00 e. The second kappa shape index (κ2) is 37.0. The fourth-order valence-corrected chi connectivity index (χ4v) is 17.9. The first-order valence-electron chi connectivity index (χ1n) is 28.5. The molecule has 70 heavy (non-hydrogen) atoms. The average molecular weight is 1060 g/mol. The predicted molar refractivity (Wildman–Crippen MR) is 297 cm³/mol. The molecule has 0 N–H and O–H groups in total. The van der Waals surface area contributed by atoms with E-state index in [2.05, 4.69) is 153 Å². The van der Waals surface area contributed by atoms with Gasteiger partial charge in [-0.2, -0.15) is 0 Å². The maximum Gasteiger partial charge on any atom is -1.00 e. The first-order valence-corrected chi connectivity index (χ1v) is 31.3. The third kappa shape index (κ3) is 19.8. The molecule has 0 heterocycles. The summed E-state index contributed by atoms with van der Waals surface area (Å²) in [6.45, 7) is 14.1. The van der Waals surface area contributed by atoms with E-state index in [0.29, 0.717) is 0 Å². The second-order valence-corrected chi connectivity index (χ2v) is 25.4. The van der Waals surface area contributed by atoms with Crippen molar-refractivity contribution in [3.63, 3.8) is 0 Å². The molecule has 0 bridgehead atoms. The van der Waals surface area contributed by atoms with Crippen molar-refractivity contribution < 1.29 is 57.7 Å². The molecule has 0 unspecified atom stereocenters. The Morgan fingerprint density at radius 1 is 0.357 bits per heavy atom. The van der Waals surface area contributed by atoms with Crippen LogP contribution in [0.15, 0.2) is 100 Å². The van der Waals surface area contributed by atoms with Gasteiger partial charge in [0.2, 0.25) is 0 Å². The molecule has 4 aromatic carbocycles. The van der Waals surface area contributed by atoms with Crippen LogP contribution in [0.1, 0.15) is 241 Å². The van der Waals surface area contributed by atoms with E-state index < -0.39 is 8.07 Å². The van der Waals surface area contributed by atoms with Crippen LogP contribution in [-0.2, 0) is 59.0 Å². The van der Waals surface area contributed by atoms with Crippen LogP contribution in [0, 0.1) is 0 Å². The molecule has 0 saturated carbocycles. The van der Waals surface area contributed by atoms with Crippen molar-refractivity contribution in [2.24, 2.45) is 0 Å². The summed E-state index contributed by atoms with van der Waals surface area (Å²) in [5.41, 5.74) is 12.4. The van der Waals surface area contributed by atoms with Crippen LogP contribution in [0.3, 0.4) is 0 Å². The topological polar surface area (TPSA) is 0 Å². The normalized spacial score (nSPS) is 12.4. The minimum atomic E-state index is -2.92. The summed E-state index contributed by atoms with van der Waals surface area (Å²) in [5, 5.41) is 6.75. The van der Waals surface area contributed by atoms with Crippen molar-refractivity contribution in [1.82, 2.24) is 0 Å². The number of benzene rings is 4. The Hall–Kier alpha value is -1.84. The molecule has 1 aliphatic rings. The SMILES string of the molecule is CCCCCCc1cc(CCCCCC)cc([Si](C2=[C]([Ti+3])C(c3ccccc3)=CC2)(c2cc(CCCCCC)cc(CCCCCC)c2)c2cc(CCCCCC)cc(CCCCCC)c2)c1.[Cl-].[Cl-].[Cl-]. The molecule has 5 rings (SSSR count). The van der Waals surface area contributed by atoms with Gasteiger partial charge in [0.1, 0.15) is 0 Å². The van der Waals surface area contributed by atoms with Crippen molar-refractivity contribution in [1.29, 1.82) is 0 Å². The van der Waals surface area contributed by atoms with Crippen LogP contribution in [0.5, 0.6) is 0 Å². The summed E-state index contributed by atoms with van der Waals surface area (Å²) in [6.07, 6.45) is 42.2. The molecule has 0 amide bonds. The van der Waals surface area contributed by atoms with Crippen molar-refractivity contribution >= 4 is 29.2 Å². The first kappa shape index (κ1) is 64.3. The Labute approximate surface area is 463 Å². The average Bonchev–Trinajstić information content (AvgIpc) is 3.73. The van der Waals surface area contributed by atoms with E-state index in [9.17, 15) is 0 Å². The van der Waals surface area contributed by atoms with E-state index in [1.165, 1.54) is 204 Å². The predicted octanol–water partition coefficient (Wildman–Crippen LogP) is 8.73. The van der Waals surface area contributed by atoms with Crippen LogP contribution in [0.2, 0.25) is 0 Å². The van der Waals surface area contributed by atoms with Crippen LogP contribution >= 0.6 is 0 Å². The standard InChI is InChI=1S/C65H95Si.3ClH.Ti/c1-7-13-19-26-34-54-44-55(35-27-20-14-8-2)48-63(47-54)66(62-43-42-61(53-62)60-40-32-25-33-41-60,64-49-56(36-28-21-15-9-3)45-57(50-64)37-29-22-16-10-4)65-51-58(38-30-23-17-11-5)46-59(52-65)39-31-24-18-12-6;;;;/h25,32-33,40-42,44-52H,7-24,26-31,34-39,43H2,1-6H3;3*1H;/q;;;;+3/p-3. The third-order valence-electron chi connectivity index (χ3n) is 15.0. The van der Waals surface area contributed by atoms with E-state index >= 15 is 0 Å². The van der Waals surface area contributed by atoms with Crippen LogP contribution < -0.4 is 52.8 Å². The molecule has 0 spiro atoms. The van der Waals surface area contributed by atoms with Crippen LogP contribution in [0.4, 0.5) is 0 Å². The van der Waals surface area contributed by atoms with E-state index in [0.717, 1.165) is 6.42 Å². The fourth-order valence-electron chi connectivity index (χ4n) is 11.2. The number of hydrogen-bond acceptors (Lipinski definition) is 0. The van der Waals surface area contributed by atoms with E-state index in [1.807, 2.05) is 0 Å². The molecule has 0 radical (unpaired) electrons. The molecule has 0 aliphatic heterocycles. The number of hydrogen-bond donors (Lipinski definition) is 0. The summed E-state index contributed by atoms with van der Waals surface area (Å²) in [5.74, 6) is 0. The van der Waals surface area contributed by atoms with Gasteiger partial charge in [0.25, 0.3) is 0 Å². The van der Waals surface area contributed by atoms with Crippen LogP contribution in [0.25, 0.3) is 5.57 Å². The van der Waals surface area contributed by atoms with Crippen molar-refractivity contribution in [2.75, 3.05) is 0 Å². The van der Waals surface area contributed by atoms with Gasteiger partial charge in [-0.1, -0.05) is 0 Å². The zero-order valence-electron chi connectivity index (χ0n) is 45.2. The molecule has 0 atom stereocenters. The number of rotatable bonds is 35. The third-order valence-corrected chi connectivity index (χ3v) is 21.1. The minimum Gasteiger partial charge on any atom is -1.00 e. The second-order valence-electron chi connectivity index (χ2n) is 20.8. The quantitative estimate of drug-likeness (QED) is 0.0246. The van der Waals surface area contributed by atoms with Gasteiger partial charge in [-0.3, -0.25) is 0 Å². The van der Waals surface area contributed by atoms with Gasteiger partial charge >= 0.3 is 429 Å². The van der Waals surface area contributed by atoms with Crippen molar-refractivity contribution in [3.05, 3.63) is 139 Å². The van der Waals surface area contributed by atoms with Gasteiger partial charge in [-0.05, 0) is 0 Å². The van der Waals surface area contributed by atoms with E-state index in [4.69, 9.17) is 0 Å². The molecule has 0 fully saturated rings. The van der Waals surface area contributed by atoms with E-state index in [1.54, 1.807) is 58.0 Å². The van der Waals surface area contributed by atoms with Gasteiger partial charge < -0.3 is 37.2 Å². The molecule has 4 aromatic rings. The van der Waals surface area contributed by atoms with Crippen LogP contribution in [-0.4, -0.2) is 8.07 Å². The van der Waals surface area contributed by atoms with Gasteiger partial charge in [0, 0.05) is 0 Å². The Bertz CT molecular complexity index is 1820. The summed E-state index contributed by atoms with van der Waals surface area (Å²) >= 11 is 2.53. The Morgan fingerprint density at radius 2 is 0.629 bits per heavy atom. The Balaban J connectivity index is 0.00000560. The zero-order chi connectivity index (χ0) is 47.5. The molecule has 384 valence electrons. The first-order chi connectivity index (χ1) is 32.9. The fraction of sp³-hybridized carbons (Fsp3) is 0.569. The molecule has 5 heteroatoms. The number of unbranched alkanes of at least 4 members (excludes halogenated alkanes) is 18. The van der Waals surface area contributed by atoms with E-state index in [-0.39, 0.29) is 37.2 Å². The van der Waals surface area contributed by atoms with Crippen molar-refractivity contribution in [2.45, 2.75) is 241 Å². The van der Waals surface area contributed by atoms with Gasteiger partial charge in [-0.25, -0.2) is 0 Å². The maximum atomic E-state index is 2.80. The molecule has 0 saturated heterocycles. The summed E-state index contributed by atoms with van der Waals surface area (Å²) in [7, 11) is -2.92. The van der Waals surface area contributed by atoms with Crippen molar-refractivity contribution in [3.8, 4) is 0 Å². The monoisotopic (exact) mass is 1060 g/mol. The number of allylic oxidation sites excluding steroid dienone is 4. The van der Waals surface area contributed by atoms with Gasteiger partial charge in [0.05, 0.1) is 0 Å². The molecule has 0 nitrogen and oxygen atoms in total. The molecular weight excluding hydrogens is 963 g/mol. The zero-order valence-corrected chi connectivity index (χ0v) is 50.0. The Morgan fingerprint density at radius 3 is 0.886 bits per heavy atom. The summed E-state index contributed by atoms with van der Waals surface area (Å²) in [4.78, 5) is 0. The molecule has 1 aliphatic carbocycles. The maximum absolute atomic E-state index is 2.92. The van der Waals surface area contributed by atoms with Gasteiger partial charge in [-0.15, -0.1) is 0 Å². The largest absolute Gasteiger partial charge is 1.00 e. The summed E-state index contributed by atoms with van der Waals surface area (Å²) < 4.78 is 1.55. The molecule has 0 aromatic heterocycles. The number of halogens is 3. The van der Waals surface area contributed by atoms with Gasteiger partial charge in [0.15, 0.2) is 0 Å². The summed E-state index contributed by atoms with van der Waals surface area (Å²) in [6, 6.07) is 36.2. The Kier molecular flexibility index (Phi) is 34.0. The molecular formula is C65H95Cl3SiTi.